The van der Waals surface area contributed by atoms with Gasteiger partial charge in [-0.2, -0.15) is 0 Å². The van der Waals surface area contributed by atoms with Gasteiger partial charge in [0.1, 0.15) is 0 Å². The van der Waals surface area contributed by atoms with E-state index in [1.165, 1.54) is 42.1 Å². The van der Waals surface area contributed by atoms with Crippen molar-refractivity contribution in [2.75, 3.05) is 0 Å². The Morgan fingerprint density at radius 1 is 1.00 bits per heavy atom. The van der Waals surface area contributed by atoms with Crippen molar-refractivity contribution in [1.29, 1.82) is 0 Å². The third kappa shape index (κ3) is 4.87. The fraction of sp³-hybridized carbons (Fsp3) is 0.125. The average molecular weight is 448 g/mol. The molecule has 4 rings (SSSR count). The monoisotopic (exact) mass is 448 g/mol. The fourth-order valence-electron chi connectivity index (χ4n) is 3.33. The molecule has 1 aromatic carbocycles. The van der Waals surface area contributed by atoms with Gasteiger partial charge < -0.3 is 15.3 Å². The van der Waals surface area contributed by atoms with Gasteiger partial charge in [0.05, 0.1) is 22.9 Å². The van der Waals surface area contributed by atoms with Gasteiger partial charge in [-0.1, -0.05) is 36.4 Å². The molecule has 9 nitrogen and oxygen atoms in total. The lowest BCUT2D eigenvalue weighted by Gasteiger charge is -2.23. The average Bonchev–Trinajstić information content (AvgIpc) is 2.80. The lowest BCUT2D eigenvalue weighted by atomic mass is 9.80. The molecular weight excluding hydrogens is 428 g/mol. The number of aliphatic carboxylic acids is 2. The molecule has 3 N–H and O–H groups in total. The molecule has 2 heterocycles. The smallest absolute Gasteiger partial charge is 0.337 e. The molecule has 1 aliphatic rings. The largest absolute Gasteiger partial charge is 0.481 e. The maximum Gasteiger partial charge on any atom is 0.337 e. The minimum absolute atomic E-state index is 0.0359. The topological polar surface area (TPSA) is 147 Å². The highest BCUT2D eigenvalue weighted by atomic mass is 16.4. The molecule has 9 heteroatoms. The zero-order valence-corrected chi connectivity index (χ0v) is 17.5. The Kier molecular flexibility index (Phi) is 6.53. The Balaban J connectivity index is 0.000000205. The molecule has 0 amide bonds. The summed E-state index contributed by atoms with van der Waals surface area (Å²) in [6.07, 6.45) is 8.88. The van der Waals surface area contributed by atoms with Crippen LogP contribution < -0.4 is 5.56 Å². The summed E-state index contributed by atoms with van der Waals surface area (Å²) in [5.41, 5.74) is -0.594. The number of carboxylic acid groups (broad SMARTS) is 3. The molecule has 1 unspecified atom stereocenters. The molecule has 0 bridgehead atoms. The first-order valence-corrected chi connectivity index (χ1v) is 9.77. The molecule has 2 aromatic heterocycles. The van der Waals surface area contributed by atoms with Gasteiger partial charge in [0.15, 0.2) is 0 Å². The highest BCUT2D eigenvalue weighted by Gasteiger charge is 2.34. The maximum absolute atomic E-state index is 12.4. The predicted octanol–water partition coefficient (Wildman–Crippen LogP) is 3.13. The summed E-state index contributed by atoms with van der Waals surface area (Å²) in [5.74, 6) is -3.13. The zero-order chi connectivity index (χ0) is 24.2. The summed E-state index contributed by atoms with van der Waals surface area (Å²) in [5, 5.41) is 27.6. The van der Waals surface area contributed by atoms with E-state index < -0.39 is 23.3 Å². The van der Waals surface area contributed by atoms with Crippen LogP contribution in [0.4, 0.5) is 0 Å². The van der Waals surface area contributed by atoms with E-state index in [0.29, 0.717) is 16.5 Å². The zero-order valence-electron chi connectivity index (χ0n) is 17.5. The van der Waals surface area contributed by atoms with Crippen LogP contribution in [0, 0.1) is 5.41 Å². The third-order valence-electron chi connectivity index (χ3n) is 5.16. The van der Waals surface area contributed by atoms with Crippen molar-refractivity contribution < 1.29 is 29.7 Å². The quantitative estimate of drug-likeness (QED) is 0.552. The number of rotatable bonds is 4. The van der Waals surface area contributed by atoms with E-state index in [1.807, 2.05) is 0 Å². The van der Waals surface area contributed by atoms with E-state index in [4.69, 9.17) is 10.2 Å². The van der Waals surface area contributed by atoms with E-state index in [2.05, 4.69) is 4.98 Å². The molecule has 1 aliphatic carbocycles. The first-order valence-electron chi connectivity index (χ1n) is 9.77. The van der Waals surface area contributed by atoms with Crippen molar-refractivity contribution in [3.63, 3.8) is 0 Å². The van der Waals surface area contributed by atoms with E-state index in [-0.39, 0.29) is 23.1 Å². The Bertz CT molecular complexity index is 1360. The summed E-state index contributed by atoms with van der Waals surface area (Å²) in [6, 6.07) is 10.1. The molecule has 0 saturated heterocycles. The van der Waals surface area contributed by atoms with Crippen molar-refractivity contribution >= 4 is 28.7 Å². The normalized spacial score (nSPS) is 16.9. The van der Waals surface area contributed by atoms with Gasteiger partial charge in [0.2, 0.25) is 0 Å². The predicted molar refractivity (Wildman–Crippen MR) is 120 cm³/mol. The molecular formula is C24H20N2O7. The number of carbonyl (C=O) groups is 3. The Morgan fingerprint density at radius 2 is 1.70 bits per heavy atom. The van der Waals surface area contributed by atoms with Crippen molar-refractivity contribution in [2.45, 2.75) is 13.3 Å². The summed E-state index contributed by atoms with van der Waals surface area (Å²) in [7, 11) is 0. The second kappa shape index (κ2) is 9.31. The summed E-state index contributed by atoms with van der Waals surface area (Å²) >= 11 is 0. The maximum atomic E-state index is 12.4. The second-order valence-corrected chi connectivity index (χ2v) is 7.54. The number of allylic oxidation sites excluding steroid dienone is 2. The Hall–Kier alpha value is -4.53. The van der Waals surface area contributed by atoms with E-state index in [9.17, 15) is 24.3 Å². The van der Waals surface area contributed by atoms with Crippen molar-refractivity contribution in [3.8, 4) is 5.69 Å². The Labute approximate surface area is 187 Å². The van der Waals surface area contributed by atoms with Crippen LogP contribution in [0.2, 0.25) is 0 Å². The highest BCUT2D eigenvalue weighted by molar-refractivity contribution is 6.03. The molecule has 1 atom stereocenters. The molecule has 33 heavy (non-hydrogen) atoms. The molecule has 168 valence electrons. The first-order chi connectivity index (χ1) is 15.6. The van der Waals surface area contributed by atoms with Gasteiger partial charge in [-0.05, 0) is 31.5 Å². The Morgan fingerprint density at radius 3 is 2.27 bits per heavy atom. The number of nitrogens with zero attached hydrogens (tertiary/aromatic N) is 2. The van der Waals surface area contributed by atoms with Crippen molar-refractivity contribution in [1.82, 2.24) is 9.55 Å². The molecule has 0 fully saturated rings. The van der Waals surface area contributed by atoms with Gasteiger partial charge in [-0.25, -0.2) is 9.59 Å². The summed E-state index contributed by atoms with van der Waals surface area (Å²) in [4.78, 5) is 49.1. The molecule has 0 aliphatic heterocycles. The minimum Gasteiger partial charge on any atom is -0.481 e. The van der Waals surface area contributed by atoms with E-state index >= 15 is 0 Å². The summed E-state index contributed by atoms with van der Waals surface area (Å²) in [6.45, 7) is 1.50. The van der Waals surface area contributed by atoms with Gasteiger partial charge in [-0.15, -0.1) is 0 Å². The second-order valence-electron chi connectivity index (χ2n) is 7.54. The van der Waals surface area contributed by atoms with Crippen molar-refractivity contribution in [2.24, 2.45) is 5.41 Å². The van der Waals surface area contributed by atoms with Gasteiger partial charge in [0, 0.05) is 28.7 Å². The van der Waals surface area contributed by atoms with Crippen LogP contribution in [-0.2, 0) is 9.59 Å². The SMILES string of the molecule is CC1(C(=O)O)C=CC=C(C(=O)O)C1.O=C(O)c1cn(-c2cccnc2)c(=O)c2ccccc12. The van der Waals surface area contributed by atoms with Gasteiger partial charge >= 0.3 is 17.9 Å². The van der Waals surface area contributed by atoms with Crippen LogP contribution in [0.1, 0.15) is 23.7 Å². The number of aromatic nitrogens is 2. The van der Waals surface area contributed by atoms with Crippen molar-refractivity contribution in [3.05, 3.63) is 94.7 Å². The van der Waals surface area contributed by atoms with E-state index in [1.54, 1.807) is 42.6 Å². The number of pyridine rings is 2. The van der Waals surface area contributed by atoms with Crippen LogP contribution in [0.15, 0.2) is 83.6 Å². The first kappa shape index (κ1) is 23.1. The number of aromatic carboxylic acids is 1. The number of carboxylic acids is 3. The van der Waals surface area contributed by atoms with Gasteiger partial charge in [0.25, 0.3) is 5.56 Å². The number of benzene rings is 1. The fourth-order valence-corrected chi connectivity index (χ4v) is 3.33. The number of fused-ring (bicyclic) bond motifs is 1. The molecule has 3 aromatic rings. The highest BCUT2D eigenvalue weighted by Crippen LogP contribution is 2.31. The standard InChI is InChI=1S/C15H10N2O3.C9H10O4/c18-14-12-6-2-1-5-11(12)13(15(19)20)9-17(14)10-4-3-7-16-8-10;1-9(8(12)13)4-2-3-6(5-9)7(10)11/h1-9H,(H,19,20);2-4H,5H2,1H3,(H,10,11)(H,12,13). The van der Waals surface area contributed by atoms with Crippen LogP contribution in [0.3, 0.4) is 0 Å². The minimum atomic E-state index is -1.08. The lowest BCUT2D eigenvalue weighted by molar-refractivity contribution is -0.145. The van der Waals surface area contributed by atoms with E-state index in [0.717, 1.165) is 0 Å². The van der Waals surface area contributed by atoms with Crippen LogP contribution >= 0.6 is 0 Å². The van der Waals surface area contributed by atoms with Crippen LogP contribution in [0.25, 0.3) is 16.5 Å². The molecule has 0 radical (unpaired) electrons. The number of hydrogen-bond donors (Lipinski definition) is 3. The lowest BCUT2D eigenvalue weighted by Crippen LogP contribution is -2.28. The molecule has 0 saturated carbocycles. The molecule has 0 spiro atoms. The summed E-state index contributed by atoms with van der Waals surface area (Å²) < 4.78 is 1.30. The van der Waals surface area contributed by atoms with Crippen LogP contribution in [-0.4, -0.2) is 42.8 Å². The number of hydrogen-bond acceptors (Lipinski definition) is 5. The van der Waals surface area contributed by atoms with Crippen LogP contribution in [0.5, 0.6) is 0 Å². The third-order valence-corrected chi connectivity index (χ3v) is 5.16. The van der Waals surface area contributed by atoms with Gasteiger partial charge in [-0.3, -0.25) is 19.1 Å².